The predicted octanol–water partition coefficient (Wildman–Crippen LogP) is 5.30. The van der Waals surface area contributed by atoms with Crippen molar-refractivity contribution in [1.82, 2.24) is 9.97 Å². The van der Waals surface area contributed by atoms with Crippen molar-refractivity contribution in [2.75, 3.05) is 36.0 Å². The lowest BCUT2D eigenvalue weighted by Crippen LogP contribution is -2.46. The Kier molecular flexibility index (Phi) is 6.18. The van der Waals surface area contributed by atoms with E-state index < -0.39 is 9.84 Å². The van der Waals surface area contributed by atoms with Gasteiger partial charge in [-0.25, -0.2) is 18.4 Å². The van der Waals surface area contributed by atoms with Gasteiger partial charge in [0, 0.05) is 55.0 Å². The Morgan fingerprint density at radius 2 is 1.67 bits per heavy atom. The maximum absolute atomic E-state index is 12.9. The summed E-state index contributed by atoms with van der Waals surface area (Å²) in [5.74, 6) is 0.773. The molecule has 0 radical (unpaired) electrons. The van der Waals surface area contributed by atoms with Gasteiger partial charge in [-0.05, 0) is 47.9 Å². The molecule has 0 saturated carbocycles. The predicted molar refractivity (Wildman–Crippen MR) is 136 cm³/mol. The van der Waals surface area contributed by atoms with Gasteiger partial charge in [0.25, 0.3) is 0 Å². The molecule has 1 saturated heterocycles. The topological polar surface area (TPSA) is 66.4 Å². The maximum atomic E-state index is 12.9. The third-order valence-corrected chi connectivity index (χ3v) is 9.05. The van der Waals surface area contributed by atoms with Crippen molar-refractivity contribution in [3.63, 3.8) is 0 Å². The smallest absolute Gasteiger partial charge is 0.184 e. The van der Waals surface area contributed by atoms with E-state index in [2.05, 4.69) is 19.8 Å². The van der Waals surface area contributed by atoms with E-state index in [1.54, 1.807) is 29.9 Å². The molecule has 170 valence electrons. The first-order chi connectivity index (χ1) is 15.9. The molecule has 1 aliphatic rings. The molecular weight excluding hydrogens is 499 g/mol. The highest BCUT2D eigenvalue weighted by atomic mass is 35.5. The van der Waals surface area contributed by atoms with E-state index in [-0.39, 0.29) is 5.75 Å². The molecule has 0 aliphatic carbocycles. The number of aromatic nitrogens is 2. The van der Waals surface area contributed by atoms with Crippen LogP contribution in [0.3, 0.4) is 0 Å². The average molecular weight is 519 g/mol. The fourth-order valence-corrected chi connectivity index (χ4v) is 6.59. The monoisotopic (exact) mass is 518 g/mol. The minimum atomic E-state index is -3.47. The van der Waals surface area contributed by atoms with Crippen molar-refractivity contribution in [2.24, 2.45) is 0 Å². The van der Waals surface area contributed by atoms with Crippen molar-refractivity contribution in [2.45, 2.75) is 10.6 Å². The van der Waals surface area contributed by atoms with Crippen molar-refractivity contribution in [3.8, 4) is 0 Å². The molecule has 0 bridgehead atoms. The molecule has 1 aliphatic heterocycles. The number of halogens is 2. The summed E-state index contributed by atoms with van der Waals surface area (Å²) >= 11 is 13.6. The molecule has 2 aromatic heterocycles. The van der Waals surface area contributed by atoms with E-state index in [1.165, 1.54) is 11.3 Å². The number of rotatable bonds is 5. The van der Waals surface area contributed by atoms with E-state index in [0.29, 0.717) is 19.9 Å². The van der Waals surface area contributed by atoms with Crippen LogP contribution in [0.1, 0.15) is 5.01 Å². The minimum Gasteiger partial charge on any atom is -0.368 e. The van der Waals surface area contributed by atoms with Crippen LogP contribution in [0.2, 0.25) is 10.0 Å². The van der Waals surface area contributed by atoms with E-state index >= 15 is 0 Å². The number of hydrogen-bond acceptors (Lipinski definition) is 7. The fraction of sp³-hybridized carbons (Fsp3) is 0.217. The number of hydrogen-bond donors (Lipinski definition) is 0. The van der Waals surface area contributed by atoms with Gasteiger partial charge < -0.3 is 9.80 Å². The summed E-state index contributed by atoms with van der Waals surface area (Å²) < 4.78 is 25.7. The largest absolute Gasteiger partial charge is 0.368 e. The summed E-state index contributed by atoms with van der Waals surface area (Å²) in [5.41, 5.74) is 1.05. The number of fused-ring (bicyclic) bond motifs is 1. The molecule has 0 atom stereocenters. The van der Waals surface area contributed by atoms with Crippen LogP contribution in [-0.2, 0) is 15.6 Å². The van der Waals surface area contributed by atoms with Crippen LogP contribution in [0.15, 0.2) is 65.1 Å². The second kappa shape index (κ2) is 9.10. The number of benzene rings is 2. The molecule has 4 aromatic rings. The molecule has 1 fully saturated rings. The fourth-order valence-electron chi connectivity index (χ4n) is 4.01. The summed E-state index contributed by atoms with van der Waals surface area (Å²) in [6.07, 6.45) is 3.36. The number of anilines is 2. The third kappa shape index (κ3) is 4.66. The zero-order valence-corrected chi connectivity index (χ0v) is 20.6. The number of sulfone groups is 1. The molecule has 5 rings (SSSR count). The summed E-state index contributed by atoms with van der Waals surface area (Å²) in [7, 11) is -3.47. The molecular formula is C23H20Cl2N4O2S2. The lowest BCUT2D eigenvalue weighted by molar-refractivity contribution is 0.595. The summed E-state index contributed by atoms with van der Waals surface area (Å²) in [6, 6.07) is 12.8. The molecule has 3 heterocycles. The summed E-state index contributed by atoms with van der Waals surface area (Å²) in [4.78, 5) is 13.5. The van der Waals surface area contributed by atoms with Gasteiger partial charge in [0.2, 0.25) is 0 Å². The Balaban J connectivity index is 1.36. The van der Waals surface area contributed by atoms with E-state index in [4.69, 9.17) is 23.2 Å². The van der Waals surface area contributed by atoms with Gasteiger partial charge in [-0.2, -0.15) is 0 Å². The van der Waals surface area contributed by atoms with E-state index in [9.17, 15) is 8.42 Å². The Labute approximate surface area is 206 Å². The van der Waals surface area contributed by atoms with Crippen molar-refractivity contribution < 1.29 is 8.42 Å². The minimum absolute atomic E-state index is 0.0925. The number of pyridine rings is 1. The van der Waals surface area contributed by atoms with Gasteiger partial charge in [-0.1, -0.05) is 23.2 Å². The molecule has 0 amide bonds. The Hall–Kier alpha value is -2.39. The van der Waals surface area contributed by atoms with Crippen LogP contribution in [0, 0.1) is 0 Å². The lowest BCUT2D eigenvalue weighted by atomic mass is 10.1. The van der Waals surface area contributed by atoms with Crippen molar-refractivity contribution in [3.05, 3.63) is 75.3 Å². The first-order valence-corrected chi connectivity index (χ1v) is 13.6. The molecule has 33 heavy (non-hydrogen) atoms. The maximum Gasteiger partial charge on any atom is 0.184 e. The SMILES string of the molecule is O=S(=O)(Cc1nccs1)c1ccc2c(N3CCN(c4ccc(Cl)c(Cl)c4)CC3)nccc2c1. The molecule has 10 heteroatoms. The second-order valence-electron chi connectivity index (χ2n) is 7.77. The first kappa shape index (κ1) is 22.4. The third-order valence-electron chi connectivity index (χ3n) is 5.72. The van der Waals surface area contributed by atoms with Gasteiger partial charge in [0.1, 0.15) is 16.6 Å². The molecule has 0 spiro atoms. The Morgan fingerprint density at radius 3 is 2.39 bits per heavy atom. The van der Waals surface area contributed by atoms with Gasteiger partial charge >= 0.3 is 0 Å². The van der Waals surface area contributed by atoms with Crippen LogP contribution in [0.5, 0.6) is 0 Å². The highest BCUT2D eigenvalue weighted by Gasteiger charge is 2.22. The number of nitrogens with zero attached hydrogens (tertiary/aromatic N) is 4. The lowest BCUT2D eigenvalue weighted by Gasteiger charge is -2.37. The number of piperazine rings is 1. The summed E-state index contributed by atoms with van der Waals surface area (Å²) in [5, 5.41) is 5.26. The number of thiazole rings is 1. The first-order valence-electron chi connectivity index (χ1n) is 10.4. The normalized spacial score (nSPS) is 14.7. The molecule has 0 N–H and O–H groups in total. The van der Waals surface area contributed by atoms with Crippen molar-refractivity contribution >= 4 is 66.7 Å². The zero-order chi connectivity index (χ0) is 23.0. The van der Waals surface area contributed by atoms with Crippen LogP contribution in [-0.4, -0.2) is 44.6 Å². The van der Waals surface area contributed by atoms with E-state index in [1.807, 2.05) is 30.3 Å². The molecule has 6 nitrogen and oxygen atoms in total. The van der Waals surface area contributed by atoms with Crippen molar-refractivity contribution in [1.29, 1.82) is 0 Å². The highest BCUT2D eigenvalue weighted by molar-refractivity contribution is 7.90. The Bertz CT molecular complexity index is 1400. The van der Waals surface area contributed by atoms with Crippen LogP contribution in [0.25, 0.3) is 10.8 Å². The van der Waals surface area contributed by atoms with E-state index in [0.717, 1.165) is 48.5 Å². The second-order valence-corrected chi connectivity index (χ2v) is 11.6. The van der Waals surface area contributed by atoms with Crippen LogP contribution < -0.4 is 9.80 Å². The van der Waals surface area contributed by atoms with Crippen LogP contribution in [0.4, 0.5) is 11.5 Å². The summed E-state index contributed by atoms with van der Waals surface area (Å²) in [6.45, 7) is 3.21. The molecule has 0 unspecified atom stereocenters. The van der Waals surface area contributed by atoms with Gasteiger partial charge in [0.15, 0.2) is 9.84 Å². The van der Waals surface area contributed by atoms with Gasteiger partial charge in [0.05, 0.1) is 14.9 Å². The molecule has 2 aromatic carbocycles. The van der Waals surface area contributed by atoms with Gasteiger partial charge in [-0.15, -0.1) is 11.3 Å². The average Bonchev–Trinajstić information content (AvgIpc) is 3.32. The Morgan fingerprint density at radius 1 is 0.879 bits per heavy atom. The van der Waals surface area contributed by atoms with Gasteiger partial charge in [-0.3, -0.25) is 0 Å². The standard InChI is InChI=1S/C23H20Cl2N4O2S2/c24-20-4-1-17(14-21(20)25)28-8-10-29(11-9-28)23-19-3-2-18(13-16(19)5-6-27-23)33(30,31)15-22-26-7-12-32-22/h1-7,12-14H,8-11,15H2. The quantitative estimate of drug-likeness (QED) is 0.357. The zero-order valence-electron chi connectivity index (χ0n) is 17.5. The van der Waals surface area contributed by atoms with Crippen LogP contribution >= 0.6 is 34.5 Å². The highest BCUT2D eigenvalue weighted by Crippen LogP contribution is 2.31.